The molecule has 2 rings (SSSR count). The average molecular weight is 288 g/mol. The van der Waals surface area contributed by atoms with Crippen LogP contribution in [0.5, 0.6) is 0 Å². The fraction of sp³-hybridized carbons (Fsp3) is 0.375. The van der Waals surface area contributed by atoms with Gasteiger partial charge < -0.3 is 15.4 Å². The number of ether oxygens (including phenoxy) is 1. The topological polar surface area (TPSA) is 72.6 Å². The number of amides is 1. The molecule has 5 heteroatoms. The molecule has 1 aliphatic heterocycles. The third kappa shape index (κ3) is 3.92. The highest BCUT2D eigenvalue weighted by atomic mass is 16.5. The zero-order chi connectivity index (χ0) is 15.2. The van der Waals surface area contributed by atoms with Crippen molar-refractivity contribution in [2.45, 2.75) is 13.3 Å². The lowest BCUT2D eigenvalue weighted by Gasteiger charge is -2.16. The minimum Gasteiger partial charge on any atom is -0.463 e. The molecule has 5 nitrogen and oxygen atoms in total. The molecule has 112 valence electrons. The third-order valence-corrected chi connectivity index (χ3v) is 3.44. The molecule has 0 bridgehead atoms. The van der Waals surface area contributed by atoms with Gasteiger partial charge in [-0.3, -0.25) is 4.79 Å². The Morgan fingerprint density at radius 2 is 2.14 bits per heavy atom. The number of anilines is 1. The van der Waals surface area contributed by atoms with Gasteiger partial charge in [0.25, 0.3) is 0 Å². The fourth-order valence-corrected chi connectivity index (χ4v) is 2.31. The molecule has 0 spiro atoms. The van der Waals surface area contributed by atoms with E-state index in [-0.39, 0.29) is 17.8 Å². The minimum atomic E-state index is -0.359. The molecule has 0 radical (unpaired) electrons. The number of hydrogen-bond acceptors (Lipinski definition) is 4. The molecule has 1 fully saturated rings. The van der Waals surface area contributed by atoms with Crippen LogP contribution >= 0.6 is 0 Å². The van der Waals surface area contributed by atoms with Crippen molar-refractivity contribution in [3.63, 3.8) is 0 Å². The molecule has 0 aliphatic carbocycles. The van der Waals surface area contributed by atoms with Gasteiger partial charge in [0.1, 0.15) is 0 Å². The highest BCUT2D eigenvalue weighted by Gasteiger charge is 2.29. The lowest BCUT2D eigenvalue weighted by atomic mass is 10.1. The number of carbonyl (C=O) groups excluding carboxylic acids is 2. The van der Waals surface area contributed by atoms with Crippen LogP contribution in [0, 0.1) is 5.92 Å². The summed E-state index contributed by atoms with van der Waals surface area (Å²) in [4.78, 5) is 24.9. The predicted molar refractivity (Wildman–Crippen MR) is 81.6 cm³/mol. The summed E-state index contributed by atoms with van der Waals surface area (Å²) in [5, 5.41) is 0. The summed E-state index contributed by atoms with van der Waals surface area (Å²) in [5.74, 6) is -0.0109. The maximum Gasteiger partial charge on any atom is 0.330 e. The van der Waals surface area contributed by atoms with E-state index in [1.54, 1.807) is 17.9 Å². The largest absolute Gasteiger partial charge is 0.463 e. The first kappa shape index (κ1) is 15.3. The molecule has 1 saturated heterocycles. The van der Waals surface area contributed by atoms with Gasteiger partial charge in [-0.2, -0.15) is 0 Å². The lowest BCUT2D eigenvalue weighted by molar-refractivity contribution is -0.137. The molecule has 1 aliphatic rings. The van der Waals surface area contributed by atoms with Gasteiger partial charge in [0, 0.05) is 24.7 Å². The zero-order valence-electron chi connectivity index (χ0n) is 12.1. The van der Waals surface area contributed by atoms with Crippen LogP contribution in [0.1, 0.15) is 18.9 Å². The molecule has 1 aromatic rings. The van der Waals surface area contributed by atoms with Crippen molar-refractivity contribution in [3.05, 3.63) is 35.9 Å². The van der Waals surface area contributed by atoms with Crippen molar-refractivity contribution in [3.8, 4) is 0 Å². The number of benzene rings is 1. The zero-order valence-corrected chi connectivity index (χ0v) is 12.1. The Bertz CT molecular complexity index is 537. The van der Waals surface area contributed by atoms with Crippen LogP contribution < -0.4 is 10.6 Å². The number of nitrogens with zero attached hydrogens (tertiary/aromatic N) is 1. The predicted octanol–water partition coefficient (Wildman–Crippen LogP) is 1.57. The van der Waals surface area contributed by atoms with Crippen molar-refractivity contribution in [2.75, 3.05) is 24.6 Å². The van der Waals surface area contributed by atoms with E-state index in [1.165, 1.54) is 6.08 Å². The molecule has 1 unspecified atom stereocenters. The van der Waals surface area contributed by atoms with Gasteiger partial charge >= 0.3 is 5.97 Å². The molecule has 21 heavy (non-hydrogen) atoms. The highest BCUT2D eigenvalue weighted by Crippen LogP contribution is 2.24. The molecule has 1 atom stereocenters. The second kappa shape index (κ2) is 7.04. The third-order valence-electron chi connectivity index (χ3n) is 3.44. The first-order chi connectivity index (χ1) is 10.1. The van der Waals surface area contributed by atoms with Crippen LogP contribution in [0.3, 0.4) is 0 Å². The van der Waals surface area contributed by atoms with Gasteiger partial charge in [0.2, 0.25) is 5.91 Å². The van der Waals surface area contributed by atoms with Crippen LogP contribution in [-0.2, 0) is 14.3 Å². The molecular formula is C16H20N2O3. The van der Waals surface area contributed by atoms with Gasteiger partial charge in [-0.05, 0) is 43.2 Å². The number of nitrogens with two attached hydrogens (primary N) is 1. The van der Waals surface area contributed by atoms with Crippen LogP contribution in [0.2, 0.25) is 0 Å². The standard InChI is InChI=1S/C16H20N2O3/c1-2-21-16(20)8-5-12-3-6-14(7-4-12)18-11-13(10-17)9-15(18)19/h3-8,13H,2,9-11,17H2,1H3/b8-5+. The summed E-state index contributed by atoms with van der Waals surface area (Å²) in [7, 11) is 0. The molecular weight excluding hydrogens is 268 g/mol. The number of rotatable bonds is 5. The Hall–Kier alpha value is -2.14. The van der Waals surface area contributed by atoms with Crippen molar-refractivity contribution in [1.82, 2.24) is 0 Å². The van der Waals surface area contributed by atoms with Crippen LogP contribution in [0.4, 0.5) is 5.69 Å². The summed E-state index contributed by atoms with van der Waals surface area (Å²) in [5.41, 5.74) is 7.37. The van der Waals surface area contributed by atoms with Crippen molar-refractivity contribution in [1.29, 1.82) is 0 Å². The van der Waals surface area contributed by atoms with Gasteiger partial charge in [-0.15, -0.1) is 0 Å². The van der Waals surface area contributed by atoms with E-state index >= 15 is 0 Å². The molecule has 2 N–H and O–H groups in total. The summed E-state index contributed by atoms with van der Waals surface area (Å²) in [6.45, 7) is 3.33. The monoisotopic (exact) mass is 288 g/mol. The van der Waals surface area contributed by atoms with E-state index in [0.29, 0.717) is 26.1 Å². The summed E-state index contributed by atoms with van der Waals surface area (Å²) < 4.78 is 4.82. The normalized spacial score (nSPS) is 18.5. The van der Waals surface area contributed by atoms with E-state index in [1.807, 2.05) is 24.3 Å². The highest BCUT2D eigenvalue weighted by molar-refractivity contribution is 5.96. The summed E-state index contributed by atoms with van der Waals surface area (Å²) in [6, 6.07) is 7.49. The van der Waals surface area contributed by atoms with E-state index < -0.39 is 0 Å². The van der Waals surface area contributed by atoms with E-state index in [0.717, 1.165) is 11.3 Å². The first-order valence-electron chi connectivity index (χ1n) is 7.09. The molecule has 0 saturated carbocycles. The van der Waals surface area contributed by atoms with E-state index in [2.05, 4.69) is 0 Å². The van der Waals surface area contributed by atoms with Gasteiger partial charge in [0.05, 0.1) is 6.61 Å². The second-order valence-corrected chi connectivity index (χ2v) is 4.99. The fourth-order valence-electron chi connectivity index (χ4n) is 2.31. The Morgan fingerprint density at radius 3 is 2.71 bits per heavy atom. The smallest absolute Gasteiger partial charge is 0.330 e. The van der Waals surface area contributed by atoms with Gasteiger partial charge in [0.15, 0.2) is 0 Å². The number of hydrogen-bond donors (Lipinski definition) is 1. The first-order valence-corrected chi connectivity index (χ1v) is 7.09. The van der Waals surface area contributed by atoms with Crippen molar-refractivity contribution in [2.24, 2.45) is 11.7 Å². The average Bonchev–Trinajstić information content (AvgIpc) is 2.87. The molecule has 1 amide bonds. The van der Waals surface area contributed by atoms with Crippen LogP contribution in [0.15, 0.2) is 30.3 Å². The Morgan fingerprint density at radius 1 is 1.43 bits per heavy atom. The van der Waals surface area contributed by atoms with Crippen LogP contribution in [-0.4, -0.2) is 31.6 Å². The van der Waals surface area contributed by atoms with Crippen molar-refractivity contribution < 1.29 is 14.3 Å². The Balaban J connectivity index is 2.02. The SMILES string of the molecule is CCOC(=O)/C=C/c1ccc(N2CC(CN)CC2=O)cc1. The van der Waals surface area contributed by atoms with E-state index in [4.69, 9.17) is 10.5 Å². The maximum absolute atomic E-state index is 11.9. The molecule has 1 aromatic carbocycles. The minimum absolute atomic E-state index is 0.111. The van der Waals surface area contributed by atoms with Crippen LogP contribution in [0.25, 0.3) is 6.08 Å². The number of esters is 1. The Kier molecular flexibility index (Phi) is 5.11. The van der Waals surface area contributed by atoms with Crippen molar-refractivity contribution >= 4 is 23.6 Å². The lowest BCUT2D eigenvalue weighted by Crippen LogP contribution is -2.25. The summed E-state index contributed by atoms with van der Waals surface area (Å²) in [6.07, 6.45) is 3.60. The molecule has 1 heterocycles. The Labute approximate surface area is 124 Å². The van der Waals surface area contributed by atoms with Gasteiger partial charge in [-0.25, -0.2) is 4.79 Å². The second-order valence-electron chi connectivity index (χ2n) is 4.99. The maximum atomic E-state index is 11.9. The number of carbonyl (C=O) groups is 2. The van der Waals surface area contributed by atoms with E-state index in [9.17, 15) is 9.59 Å². The quantitative estimate of drug-likeness (QED) is 0.659. The van der Waals surface area contributed by atoms with Gasteiger partial charge in [-0.1, -0.05) is 12.1 Å². The summed E-state index contributed by atoms with van der Waals surface area (Å²) >= 11 is 0. The molecule has 0 aromatic heterocycles.